The van der Waals surface area contributed by atoms with E-state index in [4.69, 9.17) is 0 Å². The van der Waals surface area contributed by atoms with E-state index in [-0.39, 0.29) is 5.56 Å². The van der Waals surface area contributed by atoms with Crippen molar-refractivity contribution in [2.24, 2.45) is 0 Å². The fraction of sp³-hybridized carbons (Fsp3) is 0.316. The van der Waals surface area contributed by atoms with Gasteiger partial charge in [-0.1, -0.05) is 12.1 Å². The number of ketones is 1. The van der Waals surface area contributed by atoms with Crippen LogP contribution in [0.2, 0.25) is 0 Å². The number of ether oxygens (including phenoxy) is 1. The van der Waals surface area contributed by atoms with E-state index in [9.17, 15) is 27.6 Å². The van der Waals surface area contributed by atoms with Crippen LogP contribution in [-0.4, -0.2) is 40.5 Å². The maximum Gasteiger partial charge on any atom is 0.573 e. The number of urea groups is 1. The summed E-state index contributed by atoms with van der Waals surface area (Å²) in [6.07, 6.45) is -4.84. The molecule has 10 heteroatoms. The van der Waals surface area contributed by atoms with Gasteiger partial charge < -0.3 is 15.0 Å². The maximum absolute atomic E-state index is 12.9. The number of Topliss-reactive ketones (excluding diaryl/α,β-unsaturated/α-hetero) is 1. The first-order valence-electron chi connectivity index (χ1n) is 8.60. The first-order valence-corrected chi connectivity index (χ1v) is 8.60. The number of H-pyrrole nitrogens is 1. The van der Waals surface area contributed by atoms with Gasteiger partial charge in [0.25, 0.3) is 5.91 Å². The number of aromatic nitrogens is 1. The predicted molar refractivity (Wildman–Crippen MR) is 95.3 cm³/mol. The largest absolute Gasteiger partial charge is 0.573 e. The molecule has 1 atom stereocenters. The molecule has 3 amide bonds. The summed E-state index contributed by atoms with van der Waals surface area (Å²) in [6.45, 7) is 4.46. The van der Waals surface area contributed by atoms with Crippen molar-refractivity contribution < 1.29 is 32.3 Å². The third-order valence-corrected chi connectivity index (χ3v) is 4.69. The zero-order valence-electron chi connectivity index (χ0n) is 15.8. The molecule has 2 aromatic rings. The van der Waals surface area contributed by atoms with Crippen molar-refractivity contribution in [1.29, 1.82) is 0 Å². The second-order valence-corrected chi connectivity index (χ2v) is 6.93. The highest BCUT2D eigenvalue weighted by atomic mass is 19.4. The molecule has 154 valence electrons. The molecule has 1 aliphatic rings. The lowest BCUT2D eigenvalue weighted by Crippen LogP contribution is -2.41. The summed E-state index contributed by atoms with van der Waals surface area (Å²) in [5.74, 6) is -1.54. The number of carbonyl (C=O) groups is 3. The minimum absolute atomic E-state index is 0.258. The fourth-order valence-electron chi connectivity index (χ4n) is 3.27. The van der Waals surface area contributed by atoms with Gasteiger partial charge in [0.2, 0.25) is 0 Å². The standard InChI is InChI=1S/C19H18F3N3O4/c1-10-8-14(11(2)23-10)15(26)9-25-16(27)18(3,24-17(25)28)12-4-6-13(7-5-12)29-19(20,21)22/h4-8,23H,9H2,1-3H3,(H,24,28). The molecular weight excluding hydrogens is 391 g/mol. The number of amides is 3. The Morgan fingerprint density at radius 1 is 1.17 bits per heavy atom. The van der Waals surface area contributed by atoms with Crippen LogP contribution < -0.4 is 10.1 Å². The van der Waals surface area contributed by atoms with Crippen LogP contribution in [0.4, 0.5) is 18.0 Å². The van der Waals surface area contributed by atoms with Gasteiger partial charge in [0, 0.05) is 17.0 Å². The number of hydrogen-bond donors (Lipinski definition) is 2. The van der Waals surface area contributed by atoms with Crippen LogP contribution in [-0.2, 0) is 10.3 Å². The Morgan fingerprint density at radius 3 is 2.31 bits per heavy atom. The number of alkyl halides is 3. The number of nitrogens with zero attached hydrogens (tertiary/aromatic N) is 1. The molecule has 2 heterocycles. The van der Waals surface area contributed by atoms with Gasteiger partial charge >= 0.3 is 12.4 Å². The lowest BCUT2D eigenvalue weighted by Gasteiger charge is -2.22. The third kappa shape index (κ3) is 3.96. The zero-order chi connectivity index (χ0) is 21.6. The van der Waals surface area contributed by atoms with E-state index in [1.165, 1.54) is 19.1 Å². The normalized spacial score (nSPS) is 19.4. The van der Waals surface area contributed by atoms with Crippen molar-refractivity contribution >= 4 is 17.7 Å². The SMILES string of the molecule is Cc1cc(C(=O)CN2C(=O)NC(C)(c3ccc(OC(F)(F)F)cc3)C2=O)c(C)[nH]1. The molecule has 0 bridgehead atoms. The second-order valence-electron chi connectivity index (χ2n) is 6.93. The van der Waals surface area contributed by atoms with E-state index >= 15 is 0 Å². The topological polar surface area (TPSA) is 91.5 Å². The molecule has 1 unspecified atom stereocenters. The molecule has 0 aliphatic carbocycles. The van der Waals surface area contributed by atoms with E-state index in [0.29, 0.717) is 11.3 Å². The highest BCUT2D eigenvalue weighted by Crippen LogP contribution is 2.31. The minimum Gasteiger partial charge on any atom is -0.406 e. The number of nitrogens with one attached hydrogen (secondary N) is 2. The first-order chi connectivity index (χ1) is 13.4. The van der Waals surface area contributed by atoms with E-state index < -0.39 is 41.9 Å². The molecular formula is C19H18F3N3O4. The third-order valence-electron chi connectivity index (χ3n) is 4.69. The van der Waals surface area contributed by atoms with Crippen LogP contribution in [0, 0.1) is 13.8 Å². The Labute approximate surface area is 163 Å². The Hall–Kier alpha value is -3.30. The Kier molecular flexibility index (Phi) is 4.89. The summed E-state index contributed by atoms with van der Waals surface area (Å²) < 4.78 is 40.7. The van der Waals surface area contributed by atoms with Crippen LogP contribution in [0.1, 0.15) is 34.2 Å². The van der Waals surface area contributed by atoms with Crippen LogP contribution >= 0.6 is 0 Å². The smallest absolute Gasteiger partial charge is 0.406 e. The van der Waals surface area contributed by atoms with E-state index in [2.05, 4.69) is 15.0 Å². The monoisotopic (exact) mass is 409 g/mol. The molecule has 1 aromatic heterocycles. The highest BCUT2D eigenvalue weighted by molar-refractivity contribution is 6.11. The van der Waals surface area contributed by atoms with Gasteiger partial charge in [-0.3, -0.25) is 14.5 Å². The van der Waals surface area contributed by atoms with Gasteiger partial charge in [-0.2, -0.15) is 0 Å². The van der Waals surface area contributed by atoms with Crippen LogP contribution in [0.25, 0.3) is 0 Å². The number of aromatic amines is 1. The molecule has 0 spiro atoms. The Balaban J connectivity index is 1.80. The van der Waals surface area contributed by atoms with Crippen molar-refractivity contribution in [3.63, 3.8) is 0 Å². The molecule has 2 N–H and O–H groups in total. The lowest BCUT2D eigenvalue weighted by atomic mass is 9.92. The minimum atomic E-state index is -4.84. The van der Waals surface area contributed by atoms with Crippen molar-refractivity contribution in [2.75, 3.05) is 6.54 Å². The number of carbonyl (C=O) groups excluding carboxylic acids is 3. The van der Waals surface area contributed by atoms with Gasteiger partial charge in [-0.15, -0.1) is 13.2 Å². The van der Waals surface area contributed by atoms with Crippen molar-refractivity contribution in [3.05, 3.63) is 52.8 Å². The molecule has 7 nitrogen and oxygen atoms in total. The fourth-order valence-corrected chi connectivity index (χ4v) is 3.27. The van der Waals surface area contributed by atoms with Gasteiger partial charge in [0.15, 0.2) is 5.78 Å². The predicted octanol–water partition coefficient (Wildman–Crippen LogP) is 3.18. The molecule has 1 saturated heterocycles. The van der Waals surface area contributed by atoms with E-state index in [1.54, 1.807) is 19.9 Å². The van der Waals surface area contributed by atoms with Crippen LogP contribution in [0.5, 0.6) is 5.75 Å². The van der Waals surface area contributed by atoms with Gasteiger partial charge in [0.1, 0.15) is 11.3 Å². The Morgan fingerprint density at radius 2 is 1.79 bits per heavy atom. The summed E-state index contributed by atoms with van der Waals surface area (Å²) in [6, 6.07) is 5.48. The number of aryl methyl sites for hydroxylation is 2. The quantitative estimate of drug-likeness (QED) is 0.586. The highest BCUT2D eigenvalue weighted by Gasteiger charge is 2.49. The molecule has 0 saturated carbocycles. The molecule has 1 fully saturated rings. The van der Waals surface area contributed by atoms with Crippen molar-refractivity contribution in [1.82, 2.24) is 15.2 Å². The molecule has 3 rings (SSSR count). The van der Waals surface area contributed by atoms with Crippen LogP contribution in [0.15, 0.2) is 30.3 Å². The first kappa shape index (κ1) is 20.4. The zero-order valence-corrected chi connectivity index (χ0v) is 15.8. The van der Waals surface area contributed by atoms with Gasteiger partial charge in [0.05, 0.1) is 6.54 Å². The number of rotatable bonds is 5. The van der Waals surface area contributed by atoms with Crippen LogP contribution in [0.3, 0.4) is 0 Å². The van der Waals surface area contributed by atoms with Gasteiger partial charge in [-0.25, -0.2) is 4.79 Å². The number of imide groups is 1. The van der Waals surface area contributed by atoms with E-state index in [1.807, 2.05) is 0 Å². The number of hydrogen-bond acceptors (Lipinski definition) is 4. The average molecular weight is 409 g/mol. The summed E-state index contributed by atoms with van der Waals surface area (Å²) in [5.41, 5.74) is 0.521. The summed E-state index contributed by atoms with van der Waals surface area (Å²) in [5, 5.41) is 2.51. The van der Waals surface area contributed by atoms with Gasteiger partial charge in [-0.05, 0) is 44.5 Å². The molecule has 0 radical (unpaired) electrons. The van der Waals surface area contributed by atoms with E-state index in [0.717, 1.165) is 22.7 Å². The molecule has 29 heavy (non-hydrogen) atoms. The van der Waals surface area contributed by atoms with Crippen molar-refractivity contribution in [3.8, 4) is 5.75 Å². The number of halogens is 3. The summed E-state index contributed by atoms with van der Waals surface area (Å²) in [7, 11) is 0. The molecule has 1 aromatic carbocycles. The average Bonchev–Trinajstić information content (AvgIpc) is 3.05. The summed E-state index contributed by atoms with van der Waals surface area (Å²) >= 11 is 0. The maximum atomic E-state index is 12.9. The number of benzene rings is 1. The molecule has 1 aliphatic heterocycles. The van der Waals surface area contributed by atoms with Crippen molar-refractivity contribution in [2.45, 2.75) is 32.7 Å². The second kappa shape index (κ2) is 6.94. The summed E-state index contributed by atoms with van der Waals surface area (Å²) in [4.78, 5) is 41.5. The Bertz CT molecular complexity index is 982. The lowest BCUT2D eigenvalue weighted by molar-refractivity contribution is -0.274.